The van der Waals surface area contributed by atoms with Gasteiger partial charge in [-0.3, -0.25) is 14.2 Å². The Bertz CT molecular complexity index is 1490. The highest BCUT2D eigenvalue weighted by Crippen LogP contribution is 2.38. The number of quaternary nitrogens is 1. The summed E-state index contributed by atoms with van der Waals surface area (Å²) in [6.45, 7) is 6.84. The van der Waals surface area contributed by atoms with Gasteiger partial charge in [-0.15, -0.1) is 0 Å². The van der Waals surface area contributed by atoms with Gasteiger partial charge < -0.3 is 28.5 Å². The Morgan fingerprint density at radius 2 is 0.772 bits per heavy atom. The van der Waals surface area contributed by atoms with Gasteiger partial charge in [0.2, 0.25) is 5.91 Å². The summed E-state index contributed by atoms with van der Waals surface area (Å²) in [6, 6.07) is -0.893. The largest absolute Gasteiger partial charge is 0.756 e. The third-order valence-corrected chi connectivity index (χ3v) is 16.2. The van der Waals surface area contributed by atoms with E-state index in [1.807, 2.05) is 33.3 Å². The van der Waals surface area contributed by atoms with E-state index in [4.69, 9.17) is 13.8 Å². The van der Waals surface area contributed by atoms with Gasteiger partial charge >= 0.3 is 5.97 Å². The minimum absolute atomic E-state index is 0.0240. The second-order valence-corrected chi connectivity index (χ2v) is 25.7. The van der Waals surface area contributed by atoms with Gasteiger partial charge in [0, 0.05) is 12.8 Å². The number of nitrogens with zero attached hydrogens (tertiary/aromatic N) is 1. The number of rotatable bonds is 62. The Balaban J connectivity index is 5.08. The van der Waals surface area contributed by atoms with Crippen LogP contribution >= 0.6 is 7.82 Å². The van der Waals surface area contributed by atoms with E-state index in [0.717, 1.165) is 89.9 Å². The van der Waals surface area contributed by atoms with Crippen molar-refractivity contribution in [3.05, 3.63) is 48.6 Å². The second kappa shape index (κ2) is 59.1. The number of carbonyl (C=O) groups is 2. The third kappa shape index (κ3) is 60.4. The number of nitrogens with one attached hydrogen (secondary N) is 1. The molecule has 0 bridgehead atoms. The minimum atomic E-state index is -4.70. The second-order valence-electron chi connectivity index (χ2n) is 24.3. The van der Waals surface area contributed by atoms with Crippen molar-refractivity contribution in [1.82, 2.24) is 5.32 Å². The number of ether oxygens (including phenoxy) is 1. The molecular weight excluding hydrogens is 1000 g/mol. The molecule has 3 atom stereocenters. The van der Waals surface area contributed by atoms with E-state index in [-0.39, 0.29) is 24.9 Å². The van der Waals surface area contributed by atoms with Crippen LogP contribution in [0.3, 0.4) is 0 Å². The highest BCUT2D eigenvalue weighted by molar-refractivity contribution is 7.45. The maximum Gasteiger partial charge on any atom is 0.306 e. The maximum atomic E-state index is 13.5. The lowest BCUT2D eigenvalue weighted by molar-refractivity contribution is -0.870. The summed E-state index contributed by atoms with van der Waals surface area (Å²) in [6.07, 6.45) is 73.7. The fraction of sp³-hybridized carbons (Fsp3) is 0.855. The van der Waals surface area contributed by atoms with Gasteiger partial charge in [0.15, 0.2) is 0 Å². The Morgan fingerprint density at radius 1 is 0.443 bits per heavy atom. The van der Waals surface area contributed by atoms with Crippen molar-refractivity contribution in [3.63, 3.8) is 0 Å². The normalized spacial score (nSPS) is 13.9. The van der Waals surface area contributed by atoms with E-state index >= 15 is 0 Å². The number of hydrogen-bond donors (Lipinski definition) is 1. The van der Waals surface area contributed by atoms with Crippen LogP contribution in [-0.2, 0) is 27.9 Å². The minimum Gasteiger partial charge on any atom is -0.756 e. The molecule has 1 N–H and O–H groups in total. The monoisotopic (exact) mass is 1130 g/mol. The standard InChI is InChI=1S/C69H131N2O7P/c1-7-10-13-16-19-22-25-27-29-31-33-34-35-36-38-40-42-44-47-50-53-56-59-62-69(73)78-67(60-57-54-51-48-45-24-21-18-15-12-9-3)66(65-77-79(74,75)76-64-63-71(4,5)6)70-68(72)61-58-55-52-49-46-43-41-39-37-32-30-28-26-23-20-17-14-11-8-2/h20,23,28,30,37,39,57,60,66-67H,7-19,21-22,24-27,29,31-36,38,40-56,58-59,61-65H2,1-6H3,(H-,70,72,74,75)/b23-20-,30-28-,39-37-,60-57+. The first-order chi connectivity index (χ1) is 38.4. The number of phosphoric acid groups is 1. The fourth-order valence-corrected chi connectivity index (χ4v) is 10.7. The lowest BCUT2D eigenvalue weighted by Crippen LogP contribution is -2.47. The molecule has 0 aliphatic heterocycles. The molecule has 0 fully saturated rings. The number of esters is 1. The molecule has 10 heteroatoms. The average Bonchev–Trinajstić information content (AvgIpc) is 3.41. The third-order valence-electron chi connectivity index (χ3n) is 15.3. The molecule has 0 saturated heterocycles. The zero-order valence-corrected chi connectivity index (χ0v) is 54.0. The molecule has 0 aliphatic rings. The van der Waals surface area contributed by atoms with Gasteiger partial charge in [-0.2, -0.15) is 0 Å². The number of unbranched alkanes of at least 4 members (excludes halogenated alkanes) is 40. The smallest absolute Gasteiger partial charge is 0.306 e. The van der Waals surface area contributed by atoms with Crippen LogP contribution in [0.15, 0.2) is 48.6 Å². The average molecular weight is 1130 g/mol. The summed E-state index contributed by atoms with van der Waals surface area (Å²) in [4.78, 5) is 40.1. The molecule has 0 saturated carbocycles. The molecule has 0 rings (SSSR count). The number of hydrogen-bond acceptors (Lipinski definition) is 7. The van der Waals surface area contributed by atoms with Crippen LogP contribution in [0.5, 0.6) is 0 Å². The van der Waals surface area contributed by atoms with Gasteiger partial charge in [0.25, 0.3) is 7.82 Å². The summed E-state index contributed by atoms with van der Waals surface area (Å²) < 4.78 is 30.4. The Labute approximate surface area is 490 Å². The molecule has 1 amide bonds. The van der Waals surface area contributed by atoms with Gasteiger partial charge in [-0.25, -0.2) is 0 Å². The molecule has 0 aromatic rings. The topological polar surface area (TPSA) is 114 Å². The summed E-state index contributed by atoms with van der Waals surface area (Å²) in [7, 11) is 1.18. The molecule has 3 unspecified atom stereocenters. The van der Waals surface area contributed by atoms with Crippen LogP contribution in [-0.4, -0.2) is 69.4 Å². The van der Waals surface area contributed by atoms with Crippen LogP contribution in [0.1, 0.15) is 329 Å². The summed E-state index contributed by atoms with van der Waals surface area (Å²) in [5.41, 5.74) is 0. The molecule has 0 heterocycles. The van der Waals surface area contributed by atoms with Crippen molar-refractivity contribution in [3.8, 4) is 0 Å². The quantitative estimate of drug-likeness (QED) is 0.0212. The number of carbonyl (C=O) groups excluding carboxylic acids is 2. The van der Waals surface area contributed by atoms with Gasteiger partial charge in [0.05, 0.1) is 33.8 Å². The van der Waals surface area contributed by atoms with Crippen molar-refractivity contribution in [2.75, 3.05) is 40.9 Å². The van der Waals surface area contributed by atoms with Crippen LogP contribution in [0.2, 0.25) is 0 Å². The predicted molar refractivity (Wildman–Crippen MR) is 339 cm³/mol. The molecule has 9 nitrogen and oxygen atoms in total. The first-order valence-electron chi connectivity index (χ1n) is 33.9. The lowest BCUT2D eigenvalue weighted by Gasteiger charge is -2.30. The highest BCUT2D eigenvalue weighted by atomic mass is 31.2. The van der Waals surface area contributed by atoms with Crippen molar-refractivity contribution in [2.24, 2.45) is 0 Å². The number of amides is 1. The molecule has 464 valence electrons. The molecule has 0 aromatic carbocycles. The Morgan fingerprint density at radius 3 is 1.18 bits per heavy atom. The molecule has 0 spiro atoms. The zero-order chi connectivity index (χ0) is 57.9. The molecule has 79 heavy (non-hydrogen) atoms. The van der Waals surface area contributed by atoms with E-state index in [9.17, 15) is 19.0 Å². The number of likely N-dealkylation sites (N-methyl/N-ethyl adjacent to an activating group) is 1. The van der Waals surface area contributed by atoms with Crippen molar-refractivity contribution in [1.29, 1.82) is 0 Å². The molecule has 0 radical (unpaired) electrons. The first kappa shape index (κ1) is 77.0. The van der Waals surface area contributed by atoms with Crippen molar-refractivity contribution < 1.29 is 37.3 Å². The maximum absolute atomic E-state index is 13.5. The first-order valence-corrected chi connectivity index (χ1v) is 35.4. The van der Waals surface area contributed by atoms with Gasteiger partial charge in [0.1, 0.15) is 19.3 Å². The van der Waals surface area contributed by atoms with E-state index < -0.39 is 26.6 Å². The lowest BCUT2D eigenvalue weighted by atomic mass is 10.0. The van der Waals surface area contributed by atoms with Gasteiger partial charge in [-0.1, -0.05) is 294 Å². The van der Waals surface area contributed by atoms with Crippen LogP contribution in [0, 0.1) is 0 Å². The van der Waals surface area contributed by atoms with Gasteiger partial charge in [-0.05, 0) is 70.3 Å². The SMILES string of the molecule is CCCCC/C=C\C/C=C\C/C=C\CCCCCCCCC(=O)NC(COP(=O)([O-])OCC[N+](C)(C)C)C(/C=C/CCCCCCCCCCC)OC(=O)CCCCCCCCCCCCCCCCCCCCCCCCC. The highest BCUT2D eigenvalue weighted by Gasteiger charge is 2.27. The molecular formula is C69H131N2O7P. The van der Waals surface area contributed by atoms with Crippen molar-refractivity contribution >= 4 is 19.7 Å². The summed E-state index contributed by atoms with van der Waals surface area (Å²) >= 11 is 0. The van der Waals surface area contributed by atoms with Crippen molar-refractivity contribution in [2.45, 2.75) is 341 Å². The number of phosphoric ester groups is 1. The van der Waals surface area contributed by atoms with E-state index in [1.165, 1.54) is 205 Å². The van der Waals surface area contributed by atoms with Crippen LogP contribution in [0.4, 0.5) is 0 Å². The predicted octanol–water partition coefficient (Wildman–Crippen LogP) is 20.6. The van der Waals surface area contributed by atoms with E-state index in [1.54, 1.807) is 0 Å². The Hall–Kier alpha value is -2.03. The fourth-order valence-electron chi connectivity index (χ4n) is 10.0. The Kier molecular flexibility index (Phi) is 57.6. The van der Waals surface area contributed by atoms with E-state index in [0.29, 0.717) is 17.4 Å². The van der Waals surface area contributed by atoms with Crippen LogP contribution < -0.4 is 10.2 Å². The molecule has 0 aromatic heterocycles. The summed E-state index contributed by atoms with van der Waals surface area (Å²) in [5.74, 6) is -0.542. The molecule has 0 aliphatic carbocycles. The van der Waals surface area contributed by atoms with Crippen LogP contribution in [0.25, 0.3) is 0 Å². The van der Waals surface area contributed by atoms with E-state index in [2.05, 4.69) is 62.5 Å². The summed E-state index contributed by atoms with van der Waals surface area (Å²) in [5, 5.41) is 3.03. The number of allylic oxidation sites excluding steroid dienone is 7. The zero-order valence-electron chi connectivity index (χ0n) is 53.1.